The molecule has 1 nitrogen and oxygen atoms in total. The number of rotatable bonds is 3. The van der Waals surface area contributed by atoms with Crippen LogP contribution in [0.5, 0.6) is 0 Å². The van der Waals surface area contributed by atoms with E-state index in [9.17, 15) is 0 Å². The van der Waals surface area contributed by atoms with Crippen molar-refractivity contribution in [3.05, 3.63) is 46.6 Å². The van der Waals surface area contributed by atoms with E-state index in [1.807, 2.05) is 26.0 Å². The van der Waals surface area contributed by atoms with Gasteiger partial charge in [-0.15, -0.1) is 0 Å². The molecule has 0 aliphatic rings. The van der Waals surface area contributed by atoms with Crippen molar-refractivity contribution in [3.8, 4) is 0 Å². The largest absolute Gasteiger partial charge is 0.385 e. The van der Waals surface area contributed by atoms with Crippen LogP contribution in [0.15, 0.2) is 30.5 Å². The van der Waals surface area contributed by atoms with Gasteiger partial charge >= 0.3 is 0 Å². The van der Waals surface area contributed by atoms with Gasteiger partial charge in [0.2, 0.25) is 0 Å². The molecule has 0 fully saturated rings. The summed E-state index contributed by atoms with van der Waals surface area (Å²) in [6.45, 7) is 8.54. The van der Waals surface area contributed by atoms with Crippen LogP contribution in [0, 0.1) is 6.92 Å². The Hall–Kier alpha value is -0.950. The monoisotopic (exact) mass is 195 g/mol. The van der Waals surface area contributed by atoms with Crippen LogP contribution in [0.25, 0.3) is 0 Å². The predicted octanol–water partition coefficient (Wildman–Crippen LogP) is 3.27. The smallest absolute Gasteiger partial charge is 0.0435 e. The first kappa shape index (κ1) is 10.1. The molecule has 0 bridgehead atoms. The number of allylic oxidation sites excluding steroid dienone is 1. The minimum Gasteiger partial charge on any atom is -0.385 e. The van der Waals surface area contributed by atoms with Crippen LogP contribution in [0.3, 0.4) is 0 Å². The van der Waals surface area contributed by atoms with E-state index in [-0.39, 0.29) is 0 Å². The topological polar surface area (TPSA) is 12.0 Å². The van der Waals surface area contributed by atoms with Gasteiger partial charge in [0.15, 0.2) is 0 Å². The molecule has 0 saturated heterocycles. The highest BCUT2D eigenvalue weighted by Crippen LogP contribution is 2.16. The summed E-state index contributed by atoms with van der Waals surface area (Å²) in [7, 11) is 0. The number of benzene rings is 1. The quantitative estimate of drug-likeness (QED) is 0.781. The Labute approximate surface area is 84.4 Å². The molecular formula is C11H14ClN. The molecule has 1 rings (SSSR count). The average Bonchev–Trinajstić information content (AvgIpc) is 2.07. The van der Waals surface area contributed by atoms with E-state index in [2.05, 4.69) is 18.0 Å². The highest BCUT2D eigenvalue weighted by Gasteiger charge is 1.96. The summed E-state index contributed by atoms with van der Waals surface area (Å²) >= 11 is 5.91. The lowest BCUT2D eigenvalue weighted by molar-refractivity contribution is 0.815. The van der Waals surface area contributed by atoms with E-state index >= 15 is 0 Å². The molecule has 0 aliphatic heterocycles. The van der Waals surface area contributed by atoms with Crippen molar-refractivity contribution in [1.29, 1.82) is 0 Å². The molecule has 0 amide bonds. The fourth-order valence-corrected chi connectivity index (χ4v) is 1.19. The van der Waals surface area contributed by atoms with Gasteiger partial charge in [0.25, 0.3) is 0 Å². The molecule has 1 N–H and O–H groups in total. The summed E-state index contributed by atoms with van der Waals surface area (Å²) in [5.41, 5.74) is 3.32. The van der Waals surface area contributed by atoms with Crippen LogP contribution in [-0.2, 0) is 6.54 Å². The Morgan fingerprint density at radius 2 is 2.23 bits per heavy atom. The van der Waals surface area contributed by atoms with E-state index in [1.54, 1.807) is 0 Å². The molecule has 13 heavy (non-hydrogen) atoms. The van der Waals surface area contributed by atoms with E-state index in [4.69, 9.17) is 11.6 Å². The number of nitrogens with one attached hydrogen (secondary N) is 1. The SMILES string of the molecule is C=C(C)NCc1ccc(Cl)c(C)c1. The lowest BCUT2D eigenvalue weighted by Gasteiger charge is -2.06. The summed E-state index contributed by atoms with van der Waals surface area (Å²) in [5, 5.41) is 3.99. The maximum Gasteiger partial charge on any atom is 0.0435 e. The van der Waals surface area contributed by atoms with Crippen molar-refractivity contribution >= 4 is 11.6 Å². The van der Waals surface area contributed by atoms with E-state index in [0.717, 1.165) is 22.8 Å². The Morgan fingerprint density at radius 3 is 2.77 bits per heavy atom. The van der Waals surface area contributed by atoms with Crippen molar-refractivity contribution < 1.29 is 0 Å². The molecule has 1 aromatic rings. The Kier molecular flexibility index (Phi) is 3.38. The highest BCUT2D eigenvalue weighted by atomic mass is 35.5. The lowest BCUT2D eigenvalue weighted by Crippen LogP contribution is -2.09. The van der Waals surface area contributed by atoms with Crippen LogP contribution < -0.4 is 5.32 Å². The third-order valence-corrected chi connectivity index (χ3v) is 2.24. The van der Waals surface area contributed by atoms with E-state index < -0.39 is 0 Å². The molecule has 70 valence electrons. The first-order chi connectivity index (χ1) is 6.09. The Balaban J connectivity index is 2.68. The van der Waals surface area contributed by atoms with Crippen LogP contribution in [-0.4, -0.2) is 0 Å². The van der Waals surface area contributed by atoms with Crippen molar-refractivity contribution in [2.45, 2.75) is 20.4 Å². The first-order valence-corrected chi connectivity index (χ1v) is 4.62. The molecule has 1 aromatic carbocycles. The van der Waals surface area contributed by atoms with Gasteiger partial charge in [0, 0.05) is 17.3 Å². The minimum atomic E-state index is 0.813. The van der Waals surface area contributed by atoms with Gasteiger partial charge in [-0.1, -0.05) is 30.3 Å². The third-order valence-electron chi connectivity index (χ3n) is 1.82. The summed E-state index contributed by atoms with van der Waals surface area (Å²) < 4.78 is 0. The fraction of sp³-hybridized carbons (Fsp3) is 0.273. The van der Waals surface area contributed by atoms with Gasteiger partial charge in [0.1, 0.15) is 0 Å². The summed E-state index contributed by atoms with van der Waals surface area (Å²) in [5.74, 6) is 0. The second-order valence-electron chi connectivity index (χ2n) is 3.22. The average molecular weight is 196 g/mol. The van der Waals surface area contributed by atoms with E-state index in [0.29, 0.717) is 0 Å². The molecule has 0 aliphatic carbocycles. The van der Waals surface area contributed by atoms with E-state index in [1.165, 1.54) is 5.56 Å². The molecule has 0 unspecified atom stereocenters. The van der Waals surface area contributed by atoms with Crippen LogP contribution in [0.4, 0.5) is 0 Å². The summed E-state index contributed by atoms with van der Waals surface area (Å²) in [6.07, 6.45) is 0. The van der Waals surface area contributed by atoms with Crippen LogP contribution >= 0.6 is 11.6 Å². The molecule has 0 radical (unpaired) electrons. The van der Waals surface area contributed by atoms with Crippen molar-refractivity contribution in [1.82, 2.24) is 5.32 Å². The normalized spacial score (nSPS) is 9.77. The van der Waals surface area contributed by atoms with Crippen molar-refractivity contribution in [2.75, 3.05) is 0 Å². The zero-order valence-corrected chi connectivity index (χ0v) is 8.78. The fourth-order valence-electron chi connectivity index (χ4n) is 1.07. The van der Waals surface area contributed by atoms with Gasteiger partial charge in [-0.2, -0.15) is 0 Å². The van der Waals surface area contributed by atoms with Gasteiger partial charge in [0.05, 0.1) is 0 Å². The number of aryl methyl sites for hydroxylation is 1. The maximum absolute atomic E-state index is 5.91. The minimum absolute atomic E-state index is 0.813. The van der Waals surface area contributed by atoms with Gasteiger partial charge in [-0.05, 0) is 31.0 Å². The summed E-state index contributed by atoms with van der Waals surface area (Å²) in [4.78, 5) is 0. The number of hydrogen-bond donors (Lipinski definition) is 1. The third kappa shape index (κ3) is 3.11. The van der Waals surface area contributed by atoms with Crippen molar-refractivity contribution in [2.24, 2.45) is 0 Å². The maximum atomic E-state index is 5.91. The molecule has 0 atom stereocenters. The standard InChI is InChI=1S/C11H14ClN/c1-8(2)13-7-10-4-5-11(12)9(3)6-10/h4-6,13H,1,7H2,2-3H3. The van der Waals surface area contributed by atoms with Crippen LogP contribution in [0.1, 0.15) is 18.1 Å². The Morgan fingerprint density at radius 1 is 1.54 bits per heavy atom. The van der Waals surface area contributed by atoms with Gasteiger partial charge < -0.3 is 5.32 Å². The zero-order valence-electron chi connectivity index (χ0n) is 8.02. The second kappa shape index (κ2) is 4.33. The van der Waals surface area contributed by atoms with Gasteiger partial charge in [-0.25, -0.2) is 0 Å². The Bertz CT molecular complexity index is 318. The molecule has 0 spiro atoms. The molecule has 0 aromatic heterocycles. The molecule has 2 heteroatoms. The lowest BCUT2D eigenvalue weighted by atomic mass is 10.1. The number of halogens is 1. The van der Waals surface area contributed by atoms with Crippen LogP contribution in [0.2, 0.25) is 5.02 Å². The summed E-state index contributed by atoms with van der Waals surface area (Å²) in [6, 6.07) is 6.02. The second-order valence-corrected chi connectivity index (χ2v) is 3.62. The molecule has 0 heterocycles. The zero-order chi connectivity index (χ0) is 9.84. The molecular weight excluding hydrogens is 182 g/mol. The van der Waals surface area contributed by atoms with Crippen molar-refractivity contribution in [3.63, 3.8) is 0 Å². The van der Waals surface area contributed by atoms with Gasteiger partial charge in [-0.3, -0.25) is 0 Å². The highest BCUT2D eigenvalue weighted by molar-refractivity contribution is 6.31. The predicted molar refractivity (Wildman–Crippen MR) is 57.8 cm³/mol. The number of hydrogen-bond acceptors (Lipinski definition) is 1. The molecule has 0 saturated carbocycles. The first-order valence-electron chi connectivity index (χ1n) is 4.24.